The number of benzene rings is 2. The zero-order valence-electron chi connectivity index (χ0n) is 18.7. The summed E-state index contributed by atoms with van der Waals surface area (Å²) in [6.07, 6.45) is 0. The average molecular weight is 525 g/mol. The Balaban J connectivity index is 1.86. The number of sulfonamides is 1. The molecule has 7 nitrogen and oxygen atoms in total. The first kappa shape index (κ1) is 25.5. The van der Waals surface area contributed by atoms with E-state index in [1.165, 1.54) is 35.6 Å². The van der Waals surface area contributed by atoms with Crippen molar-refractivity contribution in [1.82, 2.24) is 10.2 Å². The Morgan fingerprint density at radius 2 is 1.82 bits per heavy atom. The normalized spacial score (nSPS) is 11.6. The van der Waals surface area contributed by atoms with Gasteiger partial charge in [-0.1, -0.05) is 54.6 Å². The summed E-state index contributed by atoms with van der Waals surface area (Å²) in [6, 6.07) is 11.1. The first-order valence-electron chi connectivity index (χ1n) is 10.2. The van der Waals surface area contributed by atoms with Crippen molar-refractivity contribution in [3.05, 3.63) is 58.6 Å². The van der Waals surface area contributed by atoms with Gasteiger partial charge in [0.15, 0.2) is 4.34 Å². The molecule has 0 atom stereocenters. The van der Waals surface area contributed by atoms with Crippen molar-refractivity contribution < 1.29 is 13.2 Å². The van der Waals surface area contributed by atoms with Gasteiger partial charge in [0, 0.05) is 10.8 Å². The fourth-order valence-electron chi connectivity index (χ4n) is 2.78. The zero-order chi connectivity index (χ0) is 24.2. The highest BCUT2D eigenvalue weighted by molar-refractivity contribution is 8.01. The maximum atomic E-state index is 13.5. The molecule has 0 saturated heterocycles. The molecule has 0 radical (unpaired) electrons. The third kappa shape index (κ3) is 6.69. The predicted octanol–water partition coefficient (Wildman–Crippen LogP) is 5.39. The van der Waals surface area contributed by atoms with Crippen LogP contribution < -0.4 is 9.62 Å². The molecule has 0 aliphatic heterocycles. The molecule has 1 amide bonds. The molecule has 2 aromatic carbocycles. The van der Waals surface area contributed by atoms with Gasteiger partial charge in [-0.2, -0.15) is 0 Å². The van der Waals surface area contributed by atoms with Crippen molar-refractivity contribution in [1.29, 1.82) is 0 Å². The fraction of sp³-hybridized carbons (Fsp3) is 0.318. The van der Waals surface area contributed by atoms with Crippen LogP contribution in [-0.4, -0.2) is 36.8 Å². The van der Waals surface area contributed by atoms with Crippen LogP contribution in [0.15, 0.2) is 51.7 Å². The number of nitrogens with zero attached hydrogens (tertiary/aromatic N) is 3. The summed E-state index contributed by atoms with van der Waals surface area (Å²) in [7, 11) is -4.02. The van der Waals surface area contributed by atoms with Crippen LogP contribution in [0.4, 0.5) is 10.8 Å². The molecule has 0 aliphatic rings. The van der Waals surface area contributed by atoms with Gasteiger partial charge < -0.3 is 0 Å². The van der Waals surface area contributed by atoms with Gasteiger partial charge in [-0.25, -0.2) is 8.42 Å². The number of thioether (sulfide) groups is 1. The van der Waals surface area contributed by atoms with Crippen molar-refractivity contribution >= 4 is 61.4 Å². The van der Waals surface area contributed by atoms with E-state index in [0.29, 0.717) is 21.8 Å². The monoisotopic (exact) mass is 524 g/mol. The molecule has 1 N–H and O–H groups in total. The minimum absolute atomic E-state index is 0.0428. The van der Waals surface area contributed by atoms with Crippen LogP contribution in [0.25, 0.3) is 0 Å². The molecule has 0 fully saturated rings. The van der Waals surface area contributed by atoms with Gasteiger partial charge in [0.05, 0.1) is 10.6 Å². The Labute approximate surface area is 207 Å². The number of halogens is 1. The quantitative estimate of drug-likeness (QED) is 0.298. The molecule has 0 saturated carbocycles. The highest BCUT2D eigenvalue weighted by Gasteiger charge is 2.28. The molecule has 33 heavy (non-hydrogen) atoms. The lowest BCUT2D eigenvalue weighted by atomic mass is 10.1. The van der Waals surface area contributed by atoms with E-state index in [1.807, 2.05) is 19.9 Å². The summed E-state index contributed by atoms with van der Waals surface area (Å²) in [5.74, 6) is 0.881. The second-order valence-corrected chi connectivity index (χ2v) is 12.4. The van der Waals surface area contributed by atoms with E-state index in [9.17, 15) is 13.2 Å². The van der Waals surface area contributed by atoms with E-state index in [1.54, 1.807) is 23.9 Å². The first-order valence-corrected chi connectivity index (χ1v) is 13.8. The number of aryl methyl sites for hydroxylation is 2. The summed E-state index contributed by atoms with van der Waals surface area (Å²) in [6.45, 7) is 7.64. The first-order chi connectivity index (χ1) is 15.6. The van der Waals surface area contributed by atoms with Crippen molar-refractivity contribution in [3.63, 3.8) is 0 Å². The molecule has 0 spiro atoms. The molecule has 0 aliphatic carbocycles. The lowest BCUT2D eigenvalue weighted by Crippen LogP contribution is -2.38. The number of aromatic nitrogens is 2. The predicted molar refractivity (Wildman–Crippen MR) is 136 cm³/mol. The van der Waals surface area contributed by atoms with E-state index in [-0.39, 0.29) is 4.90 Å². The molecule has 176 valence electrons. The van der Waals surface area contributed by atoms with Crippen LogP contribution in [0, 0.1) is 19.8 Å². The van der Waals surface area contributed by atoms with Crippen molar-refractivity contribution in [3.8, 4) is 0 Å². The van der Waals surface area contributed by atoms with Crippen LogP contribution in [-0.2, 0) is 14.8 Å². The number of anilines is 2. The third-order valence-electron chi connectivity index (χ3n) is 4.66. The number of amides is 1. The SMILES string of the molecule is Cc1ccc(N(CC(=O)Nc2nnc(SCC(C)C)s2)S(=O)(=O)c2ccc(Cl)cc2)cc1C. The molecular formula is C22H25ClN4O3S3. The van der Waals surface area contributed by atoms with Gasteiger partial charge in [-0.3, -0.25) is 14.4 Å². The molecule has 3 aromatic rings. The standard InChI is InChI=1S/C22H25ClN4O3S3/c1-14(2)13-31-22-26-25-21(32-22)24-20(28)12-27(18-8-5-15(3)16(4)11-18)33(29,30)19-9-6-17(23)7-10-19/h5-11,14H,12-13H2,1-4H3,(H,24,25,28). The third-order valence-corrected chi connectivity index (χ3v) is 9.10. The van der Waals surface area contributed by atoms with Crippen molar-refractivity contribution in [2.24, 2.45) is 5.92 Å². The van der Waals surface area contributed by atoms with E-state index < -0.39 is 22.5 Å². The number of hydrogen-bond donors (Lipinski definition) is 1. The topological polar surface area (TPSA) is 92.3 Å². The van der Waals surface area contributed by atoms with E-state index in [0.717, 1.165) is 25.5 Å². The molecule has 1 aromatic heterocycles. The second-order valence-electron chi connectivity index (χ2n) is 7.86. The smallest absolute Gasteiger partial charge is 0.264 e. The maximum absolute atomic E-state index is 13.5. The van der Waals surface area contributed by atoms with Crippen LogP contribution in [0.3, 0.4) is 0 Å². The van der Waals surface area contributed by atoms with E-state index in [2.05, 4.69) is 29.4 Å². The summed E-state index contributed by atoms with van der Waals surface area (Å²) >= 11 is 8.76. The summed E-state index contributed by atoms with van der Waals surface area (Å²) < 4.78 is 28.8. The number of carbonyl (C=O) groups excluding carboxylic acids is 1. The lowest BCUT2D eigenvalue weighted by Gasteiger charge is -2.24. The number of hydrogen-bond acceptors (Lipinski definition) is 7. The van der Waals surface area contributed by atoms with Crippen LogP contribution in [0.2, 0.25) is 5.02 Å². The van der Waals surface area contributed by atoms with Gasteiger partial charge >= 0.3 is 0 Å². The second kappa shape index (κ2) is 10.9. The largest absolute Gasteiger partial charge is 0.299 e. The highest BCUT2D eigenvalue weighted by Crippen LogP contribution is 2.29. The summed E-state index contributed by atoms with van der Waals surface area (Å²) in [5, 5.41) is 11.5. The minimum atomic E-state index is -4.02. The van der Waals surface area contributed by atoms with E-state index in [4.69, 9.17) is 11.6 Å². The van der Waals surface area contributed by atoms with Gasteiger partial charge in [-0.05, 0) is 67.3 Å². The van der Waals surface area contributed by atoms with Crippen LogP contribution in [0.1, 0.15) is 25.0 Å². The van der Waals surface area contributed by atoms with Crippen LogP contribution >= 0.6 is 34.7 Å². The molecule has 0 unspecified atom stereocenters. The number of carbonyl (C=O) groups is 1. The van der Waals surface area contributed by atoms with Gasteiger partial charge in [-0.15, -0.1) is 10.2 Å². The van der Waals surface area contributed by atoms with Crippen LogP contribution in [0.5, 0.6) is 0 Å². The fourth-order valence-corrected chi connectivity index (χ4v) is 6.06. The Hall–Kier alpha value is -2.14. The average Bonchev–Trinajstić information content (AvgIpc) is 3.20. The van der Waals surface area contributed by atoms with Gasteiger partial charge in [0.25, 0.3) is 10.0 Å². The molecule has 3 rings (SSSR count). The zero-order valence-corrected chi connectivity index (χ0v) is 21.9. The number of rotatable bonds is 9. The molecule has 0 bridgehead atoms. The van der Waals surface area contributed by atoms with E-state index >= 15 is 0 Å². The van der Waals surface area contributed by atoms with Crippen molar-refractivity contribution in [2.75, 3.05) is 21.9 Å². The Bertz CT molecular complexity index is 1230. The minimum Gasteiger partial charge on any atom is -0.299 e. The summed E-state index contributed by atoms with van der Waals surface area (Å²) in [5.41, 5.74) is 2.33. The Kier molecular flexibility index (Phi) is 8.38. The molecule has 11 heteroatoms. The Morgan fingerprint density at radius 3 is 2.45 bits per heavy atom. The van der Waals surface area contributed by atoms with Crippen molar-refractivity contribution in [2.45, 2.75) is 36.9 Å². The molecule has 1 heterocycles. The lowest BCUT2D eigenvalue weighted by molar-refractivity contribution is -0.114. The number of nitrogens with one attached hydrogen (secondary N) is 1. The molecular weight excluding hydrogens is 500 g/mol. The van der Waals surface area contributed by atoms with Gasteiger partial charge in [0.1, 0.15) is 6.54 Å². The summed E-state index contributed by atoms with van der Waals surface area (Å²) in [4.78, 5) is 12.9. The Morgan fingerprint density at radius 1 is 1.12 bits per heavy atom. The van der Waals surface area contributed by atoms with Gasteiger partial charge in [0.2, 0.25) is 11.0 Å². The maximum Gasteiger partial charge on any atom is 0.264 e. The highest BCUT2D eigenvalue weighted by atomic mass is 35.5.